The molecular weight excluding hydrogens is 430 g/mol. The molecule has 1 aliphatic rings. The van der Waals surface area contributed by atoms with E-state index >= 15 is 0 Å². The summed E-state index contributed by atoms with van der Waals surface area (Å²) in [4.78, 5) is 24.0. The van der Waals surface area contributed by atoms with Gasteiger partial charge in [0.2, 0.25) is 0 Å². The molecule has 174 valence electrons. The number of aromatic nitrogens is 2. The van der Waals surface area contributed by atoms with Crippen molar-refractivity contribution < 1.29 is 14.3 Å². The number of nitrogens with one attached hydrogen (secondary N) is 1. The molecule has 4 rings (SSSR count). The van der Waals surface area contributed by atoms with Gasteiger partial charge < -0.3 is 21.5 Å². The van der Waals surface area contributed by atoms with Crippen LogP contribution in [-0.4, -0.2) is 27.6 Å². The highest BCUT2D eigenvalue weighted by molar-refractivity contribution is 6.03. The summed E-state index contributed by atoms with van der Waals surface area (Å²) in [5.74, 6) is 5.88. The minimum Gasteiger partial charge on any atom is -0.457 e. The second-order valence-corrected chi connectivity index (χ2v) is 8.21. The SMILES string of the molecule is CC#CC(=O)N[C@H]1CC[C@H](n2nc(-c3ccc(Oc4ccccc4)cc3)c(C(N)=O)c2N)CC1. The van der Waals surface area contributed by atoms with Gasteiger partial charge in [0.05, 0.1) is 6.04 Å². The molecule has 2 amide bonds. The van der Waals surface area contributed by atoms with E-state index in [0.717, 1.165) is 37.0 Å². The summed E-state index contributed by atoms with van der Waals surface area (Å²) in [6, 6.07) is 16.8. The molecule has 0 radical (unpaired) electrons. The molecule has 1 aromatic heterocycles. The van der Waals surface area contributed by atoms with Gasteiger partial charge in [0.25, 0.3) is 11.8 Å². The van der Waals surface area contributed by atoms with Gasteiger partial charge in [-0.25, -0.2) is 4.68 Å². The predicted octanol–water partition coefficient (Wildman–Crippen LogP) is 3.65. The monoisotopic (exact) mass is 457 g/mol. The van der Waals surface area contributed by atoms with Crippen molar-refractivity contribution in [3.8, 4) is 34.6 Å². The molecule has 0 unspecified atom stereocenters. The Morgan fingerprint density at radius 1 is 1.03 bits per heavy atom. The van der Waals surface area contributed by atoms with Crippen LogP contribution in [0.15, 0.2) is 54.6 Å². The molecule has 0 spiro atoms. The maximum Gasteiger partial charge on any atom is 0.296 e. The van der Waals surface area contributed by atoms with Crippen LogP contribution < -0.4 is 21.5 Å². The van der Waals surface area contributed by atoms with Crippen LogP contribution in [-0.2, 0) is 4.79 Å². The summed E-state index contributed by atoms with van der Waals surface area (Å²) in [5, 5.41) is 7.62. The van der Waals surface area contributed by atoms with Gasteiger partial charge in [-0.3, -0.25) is 9.59 Å². The normalized spacial score (nSPS) is 17.3. The van der Waals surface area contributed by atoms with Crippen LogP contribution in [0, 0.1) is 11.8 Å². The van der Waals surface area contributed by atoms with E-state index in [1.54, 1.807) is 11.6 Å². The van der Waals surface area contributed by atoms with E-state index in [2.05, 4.69) is 17.2 Å². The summed E-state index contributed by atoms with van der Waals surface area (Å²) < 4.78 is 7.55. The average Bonchev–Trinajstić information content (AvgIpc) is 3.18. The van der Waals surface area contributed by atoms with Gasteiger partial charge >= 0.3 is 0 Å². The number of primary amides is 1. The molecule has 1 aliphatic carbocycles. The zero-order valence-corrected chi connectivity index (χ0v) is 19.0. The first-order chi connectivity index (χ1) is 16.5. The number of benzene rings is 2. The maximum atomic E-state index is 12.3. The minimum atomic E-state index is -0.623. The third-order valence-corrected chi connectivity index (χ3v) is 5.92. The molecule has 3 aromatic rings. The van der Waals surface area contributed by atoms with E-state index in [1.165, 1.54) is 0 Å². The van der Waals surface area contributed by atoms with Crippen LogP contribution >= 0.6 is 0 Å². The average molecular weight is 458 g/mol. The molecule has 0 aliphatic heterocycles. The standard InChI is InChI=1S/C26H27N5O3/c1-2-6-22(32)29-18-11-13-19(14-12-18)31-25(27)23(26(28)33)24(30-31)17-9-15-21(16-10-17)34-20-7-4-3-5-8-20/h3-5,7-10,15-16,18-19H,11-14,27H2,1H3,(H2,28,33)(H,29,32)/t18-,19-. The largest absolute Gasteiger partial charge is 0.457 e. The van der Waals surface area contributed by atoms with Crippen molar-refractivity contribution >= 4 is 17.6 Å². The highest BCUT2D eigenvalue weighted by atomic mass is 16.5. The maximum absolute atomic E-state index is 12.3. The van der Waals surface area contributed by atoms with E-state index in [-0.39, 0.29) is 29.4 Å². The number of rotatable bonds is 6. The Bertz CT molecular complexity index is 1230. The number of nitrogens with zero attached hydrogens (tertiary/aromatic N) is 2. The Labute approximate surface area is 198 Å². The predicted molar refractivity (Wildman–Crippen MR) is 130 cm³/mol. The van der Waals surface area contributed by atoms with Gasteiger partial charge in [-0.15, -0.1) is 0 Å². The number of anilines is 1. The highest BCUT2D eigenvalue weighted by Crippen LogP contribution is 2.35. The van der Waals surface area contributed by atoms with Crippen LogP contribution in [0.3, 0.4) is 0 Å². The van der Waals surface area contributed by atoms with Gasteiger partial charge in [0.1, 0.15) is 28.6 Å². The lowest BCUT2D eigenvalue weighted by molar-refractivity contribution is -0.116. The molecule has 1 fully saturated rings. The molecule has 1 saturated carbocycles. The lowest BCUT2D eigenvalue weighted by atomic mass is 9.91. The summed E-state index contributed by atoms with van der Waals surface area (Å²) in [6.07, 6.45) is 3.07. The van der Waals surface area contributed by atoms with Gasteiger partial charge in [-0.2, -0.15) is 5.10 Å². The highest BCUT2D eigenvalue weighted by Gasteiger charge is 2.29. The van der Waals surface area contributed by atoms with Crippen molar-refractivity contribution in [3.05, 3.63) is 60.2 Å². The van der Waals surface area contributed by atoms with Crippen molar-refractivity contribution in [1.82, 2.24) is 15.1 Å². The van der Waals surface area contributed by atoms with E-state index in [9.17, 15) is 9.59 Å². The zero-order valence-electron chi connectivity index (χ0n) is 19.0. The van der Waals surface area contributed by atoms with Crippen LogP contribution in [0.4, 0.5) is 5.82 Å². The first-order valence-electron chi connectivity index (χ1n) is 11.2. The molecule has 5 N–H and O–H groups in total. The molecular formula is C26H27N5O3. The van der Waals surface area contributed by atoms with Crippen molar-refractivity contribution in [2.24, 2.45) is 5.73 Å². The number of hydrogen-bond donors (Lipinski definition) is 3. The molecule has 0 atom stereocenters. The number of para-hydroxylation sites is 1. The Balaban J connectivity index is 1.53. The first-order valence-corrected chi connectivity index (χ1v) is 11.2. The third kappa shape index (κ3) is 5.04. The number of nitrogens with two attached hydrogens (primary N) is 2. The molecule has 8 heteroatoms. The Morgan fingerprint density at radius 3 is 2.29 bits per heavy atom. The van der Waals surface area contributed by atoms with E-state index in [0.29, 0.717) is 11.4 Å². The van der Waals surface area contributed by atoms with Crippen molar-refractivity contribution in [2.45, 2.75) is 44.7 Å². The third-order valence-electron chi connectivity index (χ3n) is 5.92. The van der Waals surface area contributed by atoms with Crippen LogP contribution in [0.2, 0.25) is 0 Å². The number of amides is 2. The fourth-order valence-electron chi connectivity index (χ4n) is 4.28. The van der Waals surface area contributed by atoms with Gasteiger partial charge in [0.15, 0.2) is 0 Å². The quantitative estimate of drug-likeness (QED) is 0.487. The molecule has 2 aromatic carbocycles. The number of nitrogen functional groups attached to an aromatic ring is 1. The van der Waals surface area contributed by atoms with Crippen molar-refractivity contribution in [1.29, 1.82) is 0 Å². The summed E-state index contributed by atoms with van der Waals surface area (Å²) in [6.45, 7) is 1.63. The van der Waals surface area contributed by atoms with Crippen molar-refractivity contribution in [2.75, 3.05) is 5.73 Å². The zero-order chi connectivity index (χ0) is 24.1. The second-order valence-electron chi connectivity index (χ2n) is 8.21. The summed E-state index contributed by atoms with van der Waals surface area (Å²) >= 11 is 0. The molecule has 8 nitrogen and oxygen atoms in total. The fraction of sp³-hybridized carbons (Fsp3) is 0.269. The van der Waals surface area contributed by atoms with E-state index < -0.39 is 5.91 Å². The van der Waals surface area contributed by atoms with Crippen molar-refractivity contribution in [3.63, 3.8) is 0 Å². The number of carbonyl (C=O) groups is 2. The van der Waals surface area contributed by atoms with Crippen LogP contribution in [0.1, 0.15) is 49.0 Å². The van der Waals surface area contributed by atoms with Gasteiger partial charge in [0, 0.05) is 11.6 Å². The van der Waals surface area contributed by atoms with Gasteiger partial charge in [-0.1, -0.05) is 24.1 Å². The van der Waals surface area contributed by atoms with Crippen LogP contribution in [0.25, 0.3) is 11.3 Å². The Morgan fingerprint density at radius 2 is 1.68 bits per heavy atom. The van der Waals surface area contributed by atoms with E-state index in [4.69, 9.17) is 21.3 Å². The first kappa shape index (κ1) is 22.9. The number of hydrogen-bond acceptors (Lipinski definition) is 5. The smallest absolute Gasteiger partial charge is 0.296 e. The van der Waals surface area contributed by atoms with Gasteiger partial charge in [-0.05, 0) is 74.9 Å². The van der Waals surface area contributed by atoms with Crippen LogP contribution in [0.5, 0.6) is 11.5 Å². The molecule has 0 saturated heterocycles. The topological polar surface area (TPSA) is 125 Å². The lowest BCUT2D eigenvalue weighted by Gasteiger charge is -2.29. The number of ether oxygens (including phenoxy) is 1. The van der Waals surface area contributed by atoms with E-state index in [1.807, 2.05) is 54.6 Å². The Kier molecular flexibility index (Phi) is 6.83. The Hall–Kier alpha value is -4.25. The molecule has 34 heavy (non-hydrogen) atoms. The fourth-order valence-corrected chi connectivity index (χ4v) is 4.28. The summed E-state index contributed by atoms with van der Waals surface area (Å²) in [7, 11) is 0. The molecule has 1 heterocycles. The summed E-state index contributed by atoms with van der Waals surface area (Å²) in [5.41, 5.74) is 13.4. The minimum absolute atomic E-state index is 0.0120. The second kappa shape index (κ2) is 10.1. The molecule has 0 bridgehead atoms. The lowest BCUT2D eigenvalue weighted by Crippen LogP contribution is -2.37. The number of carbonyl (C=O) groups excluding carboxylic acids is 2.